The number of hydrogen-bond donors (Lipinski definition) is 2. The van der Waals surface area contributed by atoms with Gasteiger partial charge in [0.05, 0.1) is 11.4 Å². The average Bonchev–Trinajstić information content (AvgIpc) is 2.42. The molecule has 0 spiro atoms. The summed E-state index contributed by atoms with van der Waals surface area (Å²) >= 11 is 3.37. The molecule has 0 saturated heterocycles. The highest BCUT2D eigenvalue weighted by Gasteiger charge is 2.04. The summed E-state index contributed by atoms with van der Waals surface area (Å²) in [6.07, 6.45) is 2.06. The van der Waals surface area contributed by atoms with Crippen LogP contribution < -0.4 is 11.1 Å². The minimum Gasteiger partial charge on any atom is -0.397 e. The van der Waals surface area contributed by atoms with Gasteiger partial charge in [0.1, 0.15) is 0 Å². The lowest BCUT2D eigenvalue weighted by atomic mass is 10.2. The molecule has 0 aliphatic heterocycles. The molecule has 0 fully saturated rings. The van der Waals surface area contributed by atoms with E-state index in [1.54, 1.807) is 23.5 Å². The van der Waals surface area contributed by atoms with Crippen LogP contribution in [0.5, 0.6) is 0 Å². The Kier molecular flexibility index (Phi) is 4.98. The Labute approximate surface area is 127 Å². The SMILES string of the molecule is CSc1ccc(Sc2ccc(NC(C)=O)c(N)c2)cc1. The lowest BCUT2D eigenvalue weighted by Gasteiger charge is -2.08. The van der Waals surface area contributed by atoms with Crippen molar-refractivity contribution < 1.29 is 4.79 Å². The molecule has 5 heteroatoms. The van der Waals surface area contributed by atoms with E-state index in [0.29, 0.717) is 11.4 Å². The van der Waals surface area contributed by atoms with Crippen molar-refractivity contribution in [3.05, 3.63) is 42.5 Å². The zero-order valence-electron chi connectivity index (χ0n) is 11.3. The van der Waals surface area contributed by atoms with Gasteiger partial charge in [-0.05, 0) is 48.7 Å². The lowest BCUT2D eigenvalue weighted by Crippen LogP contribution is -2.07. The number of anilines is 2. The van der Waals surface area contributed by atoms with Gasteiger partial charge in [-0.1, -0.05) is 11.8 Å². The van der Waals surface area contributed by atoms with Gasteiger partial charge in [-0.3, -0.25) is 4.79 Å². The molecule has 20 heavy (non-hydrogen) atoms. The molecular formula is C15H16N2OS2. The van der Waals surface area contributed by atoms with Crippen LogP contribution in [0.3, 0.4) is 0 Å². The molecule has 0 aromatic heterocycles. The number of carbonyl (C=O) groups excluding carboxylic acids is 1. The molecule has 0 unspecified atom stereocenters. The molecular weight excluding hydrogens is 288 g/mol. The van der Waals surface area contributed by atoms with Crippen molar-refractivity contribution in [1.29, 1.82) is 0 Å². The number of rotatable bonds is 4. The molecule has 0 atom stereocenters. The van der Waals surface area contributed by atoms with Crippen molar-refractivity contribution in [3.8, 4) is 0 Å². The van der Waals surface area contributed by atoms with Crippen LogP contribution in [0.1, 0.15) is 6.92 Å². The van der Waals surface area contributed by atoms with E-state index in [2.05, 4.69) is 35.8 Å². The Morgan fingerprint density at radius 3 is 2.20 bits per heavy atom. The zero-order chi connectivity index (χ0) is 14.5. The Morgan fingerprint density at radius 1 is 1.05 bits per heavy atom. The van der Waals surface area contributed by atoms with Crippen LogP contribution in [0.25, 0.3) is 0 Å². The van der Waals surface area contributed by atoms with E-state index in [4.69, 9.17) is 5.73 Å². The summed E-state index contributed by atoms with van der Waals surface area (Å²) in [6, 6.07) is 14.0. The molecule has 0 radical (unpaired) electrons. The van der Waals surface area contributed by atoms with Crippen molar-refractivity contribution in [1.82, 2.24) is 0 Å². The first kappa shape index (κ1) is 14.8. The molecule has 1 amide bonds. The third-order valence-corrected chi connectivity index (χ3v) is 4.37. The van der Waals surface area contributed by atoms with Gasteiger partial charge in [0.25, 0.3) is 0 Å². The standard InChI is InChI=1S/C15H16N2OS2/c1-10(18)17-15-8-7-13(9-14(15)16)20-12-5-3-11(19-2)4-6-12/h3-9H,16H2,1-2H3,(H,17,18). The molecule has 104 valence electrons. The van der Waals surface area contributed by atoms with Gasteiger partial charge < -0.3 is 11.1 Å². The van der Waals surface area contributed by atoms with Crippen LogP contribution in [-0.4, -0.2) is 12.2 Å². The first-order valence-corrected chi connectivity index (χ1v) is 8.11. The number of amides is 1. The summed E-state index contributed by atoms with van der Waals surface area (Å²) in [7, 11) is 0. The van der Waals surface area contributed by atoms with E-state index in [-0.39, 0.29) is 5.91 Å². The van der Waals surface area contributed by atoms with Gasteiger partial charge in [-0.25, -0.2) is 0 Å². The fraction of sp³-hybridized carbons (Fsp3) is 0.133. The van der Waals surface area contributed by atoms with Crippen LogP contribution in [-0.2, 0) is 4.79 Å². The fourth-order valence-electron chi connectivity index (χ4n) is 1.69. The van der Waals surface area contributed by atoms with E-state index in [9.17, 15) is 4.79 Å². The van der Waals surface area contributed by atoms with Gasteiger partial charge in [0, 0.05) is 21.6 Å². The summed E-state index contributed by atoms with van der Waals surface area (Å²) in [5.41, 5.74) is 7.16. The summed E-state index contributed by atoms with van der Waals surface area (Å²) in [6.45, 7) is 1.47. The van der Waals surface area contributed by atoms with Crippen molar-refractivity contribution in [2.24, 2.45) is 0 Å². The van der Waals surface area contributed by atoms with E-state index < -0.39 is 0 Å². The van der Waals surface area contributed by atoms with Crippen molar-refractivity contribution in [3.63, 3.8) is 0 Å². The molecule has 0 aliphatic rings. The topological polar surface area (TPSA) is 55.1 Å². The fourth-order valence-corrected chi connectivity index (χ4v) is 2.96. The van der Waals surface area contributed by atoms with E-state index in [0.717, 1.165) is 9.79 Å². The summed E-state index contributed by atoms with van der Waals surface area (Å²) < 4.78 is 0. The third-order valence-electron chi connectivity index (χ3n) is 2.63. The number of thioether (sulfide) groups is 1. The minimum absolute atomic E-state index is 0.121. The zero-order valence-corrected chi connectivity index (χ0v) is 13.0. The molecule has 2 rings (SSSR count). The smallest absolute Gasteiger partial charge is 0.221 e. The van der Waals surface area contributed by atoms with E-state index in [1.165, 1.54) is 11.8 Å². The van der Waals surface area contributed by atoms with Crippen molar-refractivity contribution >= 4 is 40.8 Å². The normalized spacial score (nSPS) is 10.3. The molecule has 2 aromatic carbocycles. The highest BCUT2D eigenvalue weighted by Crippen LogP contribution is 2.32. The first-order chi connectivity index (χ1) is 9.58. The van der Waals surface area contributed by atoms with Gasteiger partial charge in [0.15, 0.2) is 0 Å². The summed E-state index contributed by atoms with van der Waals surface area (Å²) in [4.78, 5) is 14.5. The predicted octanol–water partition coefficient (Wildman–Crippen LogP) is 4.10. The average molecular weight is 304 g/mol. The summed E-state index contributed by atoms with van der Waals surface area (Å²) in [5, 5.41) is 2.70. The quantitative estimate of drug-likeness (QED) is 0.659. The maximum absolute atomic E-state index is 11.0. The Morgan fingerprint density at radius 2 is 1.65 bits per heavy atom. The second kappa shape index (κ2) is 6.72. The first-order valence-electron chi connectivity index (χ1n) is 6.07. The van der Waals surface area contributed by atoms with Gasteiger partial charge in [-0.2, -0.15) is 0 Å². The maximum Gasteiger partial charge on any atom is 0.221 e. The number of benzene rings is 2. The lowest BCUT2D eigenvalue weighted by molar-refractivity contribution is -0.114. The maximum atomic E-state index is 11.0. The Balaban J connectivity index is 2.13. The largest absolute Gasteiger partial charge is 0.397 e. The molecule has 3 N–H and O–H groups in total. The molecule has 2 aromatic rings. The van der Waals surface area contributed by atoms with Crippen LogP contribution in [0.2, 0.25) is 0 Å². The van der Waals surface area contributed by atoms with Gasteiger partial charge in [0.2, 0.25) is 5.91 Å². The van der Waals surface area contributed by atoms with Crippen LogP contribution in [0.4, 0.5) is 11.4 Å². The number of hydrogen-bond acceptors (Lipinski definition) is 4. The van der Waals surface area contributed by atoms with E-state index in [1.807, 2.05) is 18.2 Å². The van der Waals surface area contributed by atoms with Crippen molar-refractivity contribution in [2.45, 2.75) is 21.6 Å². The highest BCUT2D eigenvalue weighted by atomic mass is 32.2. The Hall–Kier alpha value is -1.59. The third kappa shape index (κ3) is 3.95. The molecule has 0 aliphatic carbocycles. The highest BCUT2D eigenvalue weighted by molar-refractivity contribution is 7.99. The molecule has 0 heterocycles. The van der Waals surface area contributed by atoms with Crippen LogP contribution in [0.15, 0.2) is 57.2 Å². The number of nitrogens with two attached hydrogens (primary N) is 1. The minimum atomic E-state index is -0.121. The molecule has 3 nitrogen and oxygen atoms in total. The van der Waals surface area contributed by atoms with Crippen molar-refractivity contribution in [2.75, 3.05) is 17.3 Å². The van der Waals surface area contributed by atoms with Crippen LogP contribution >= 0.6 is 23.5 Å². The molecule has 0 bridgehead atoms. The monoisotopic (exact) mass is 304 g/mol. The predicted molar refractivity (Wildman–Crippen MR) is 87.5 cm³/mol. The van der Waals surface area contributed by atoms with Crippen LogP contribution in [0, 0.1) is 0 Å². The van der Waals surface area contributed by atoms with Gasteiger partial charge >= 0.3 is 0 Å². The van der Waals surface area contributed by atoms with Gasteiger partial charge in [-0.15, -0.1) is 11.8 Å². The number of nitrogen functional groups attached to an aromatic ring is 1. The number of carbonyl (C=O) groups is 1. The summed E-state index contributed by atoms with van der Waals surface area (Å²) in [5.74, 6) is -0.121. The van der Waals surface area contributed by atoms with E-state index >= 15 is 0 Å². The second-order valence-corrected chi connectivity index (χ2v) is 6.23. The Bertz CT molecular complexity index is 612. The molecule has 0 saturated carbocycles. The second-order valence-electron chi connectivity index (χ2n) is 4.21. The number of nitrogens with one attached hydrogen (secondary N) is 1.